The summed E-state index contributed by atoms with van der Waals surface area (Å²) in [5.41, 5.74) is 5.69. The van der Waals surface area contributed by atoms with E-state index in [9.17, 15) is 13.2 Å². The predicted molar refractivity (Wildman–Crippen MR) is 85.9 cm³/mol. The molecule has 0 aliphatic heterocycles. The van der Waals surface area contributed by atoms with Crippen LogP contribution < -0.4 is 10.5 Å². The molecule has 0 heterocycles. The number of sulfonamides is 1. The Morgan fingerprint density at radius 2 is 2.09 bits per heavy atom. The second-order valence-electron chi connectivity index (χ2n) is 4.97. The van der Waals surface area contributed by atoms with Gasteiger partial charge in [0.15, 0.2) is 0 Å². The maximum Gasteiger partial charge on any atom is 0.337 e. The van der Waals surface area contributed by atoms with E-state index in [0.717, 1.165) is 12.8 Å². The number of esters is 1. The van der Waals surface area contributed by atoms with Gasteiger partial charge in [-0.3, -0.25) is 0 Å². The molecule has 1 aliphatic carbocycles. The van der Waals surface area contributed by atoms with Gasteiger partial charge in [-0.25, -0.2) is 17.9 Å². The van der Waals surface area contributed by atoms with E-state index in [0.29, 0.717) is 0 Å². The van der Waals surface area contributed by atoms with Crippen molar-refractivity contribution in [1.82, 2.24) is 4.72 Å². The fraction of sp³-hybridized carbons (Fsp3) is 0.462. The third-order valence-electron chi connectivity index (χ3n) is 3.35. The van der Waals surface area contributed by atoms with Gasteiger partial charge < -0.3 is 10.5 Å². The fourth-order valence-electron chi connectivity index (χ4n) is 2.06. The number of benzene rings is 1. The number of methoxy groups -OCH3 is 1. The number of nitrogens with two attached hydrogens (primary N) is 1. The van der Waals surface area contributed by atoms with Crippen LogP contribution in [0, 0.1) is 5.92 Å². The maximum absolute atomic E-state index is 12.4. The van der Waals surface area contributed by atoms with E-state index in [1.807, 2.05) is 0 Å². The number of carbonyl (C=O) groups is 1. The van der Waals surface area contributed by atoms with Crippen LogP contribution in [0.1, 0.15) is 23.2 Å². The predicted octanol–water partition coefficient (Wildman–Crippen LogP) is 1.56. The molecule has 1 aliphatic rings. The summed E-state index contributed by atoms with van der Waals surface area (Å²) in [4.78, 5) is 11.5. The van der Waals surface area contributed by atoms with Crippen LogP contribution in [0.5, 0.6) is 0 Å². The first-order chi connectivity index (χ1) is 9.87. The number of rotatable bonds is 6. The van der Waals surface area contributed by atoms with Crippen molar-refractivity contribution >= 4 is 40.0 Å². The van der Waals surface area contributed by atoms with Gasteiger partial charge >= 0.3 is 5.97 Å². The van der Waals surface area contributed by atoms with Crippen LogP contribution in [0.2, 0.25) is 5.02 Å². The smallest absolute Gasteiger partial charge is 0.337 e. The third-order valence-corrected chi connectivity index (χ3v) is 5.04. The number of hydrogen-bond acceptors (Lipinski definition) is 5. The molecule has 1 unspecified atom stereocenters. The lowest BCUT2D eigenvalue weighted by Crippen LogP contribution is -2.41. The number of halogens is 2. The number of carbonyl (C=O) groups excluding carboxylic acids is 1. The lowest BCUT2D eigenvalue weighted by molar-refractivity contribution is 0.0600. The molecule has 0 aromatic heterocycles. The van der Waals surface area contributed by atoms with Crippen LogP contribution in [-0.2, 0) is 14.8 Å². The molecule has 1 fully saturated rings. The Balaban J connectivity index is 0.00000242. The third kappa shape index (κ3) is 4.57. The molecule has 9 heteroatoms. The lowest BCUT2D eigenvalue weighted by Gasteiger charge is -2.16. The van der Waals surface area contributed by atoms with Crippen molar-refractivity contribution in [3.8, 4) is 0 Å². The van der Waals surface area contributed by atoms with Crippen molar-refractivity contribution in [3.05, 3.63) is 28.8 Å². The molecular weight excluding hydrogens is 351 g/mol. The molecule has 0 bridgehead atoms. The van der Waals surface area contributed by atoms with Crippen molar-refractivity contribution in [2.24, 2.45) is 11.7 Å². The normalized spacial score (nSPS) is 15.8. The van der Waals surface area contributed by atoms with E-state index in [1.165, 1.54) is 25.3 Å². The van der Waals surface area contributed by atoms with Crippen LogP contribution in [0.4, 0.5) is 0 Å². The van der Waals surface area contributed by atoms with Gasteiger partial charge in [0, 0.05) is 17.6 Å². The van der Waals surface area contributed by atoms with Crippen LogP contribution in [0.25, 0.3) is 0 Å². The molecule has 6 nitrogen and oxygen atoms in total. The Bertz CT molecular complexity index is 647. The number of hydrogen-bond donors (Lipinski definition) is 2. The average molecular weight is 369 g/mol. The number of ether oxygens (including phenoxy) is 1. The van der Waals surface area contributed by atoms with Crippen LogP contribution in [0.15, 0.2) is 23.1 Å². The Kier molecular flexibility index (Phi) is 6.64. The fourth-order valence-corrected chi connectivity index (χ4v) is 3.74. The lowest BCUT2D eigenvalue weighted by atomic mass is 10.2. The molecule has 0 spiro atoms. The van der Waals surface area contributed by atoms with Crippen molar-refractivity contribution in [3.63, 3.8) is 0 Å². The standard InChI is InChI=1S/C13H17ClN2O4S.ClH/c1-20-13(17)9-4-10(14)6-11(5-9)21(18,19)16-12(7-15)8-2-3-8;/h4-6,8,12,16H,2-3,7,15H2,1H3;1H. The summed E-state index contributed by atoms with van der Waals surface area (Å²) < 4.78 is 31.9. The van der Waals surface area contributed by atoms with Gasteiger partial charge in [-0.2, -0.15) is 0 Å². The molecule has 0 radical (unpaired) electrons. The first-order valence-electron chi connectivity index (χ1n) is 6.48. The summed E-state index contributed by atoms with van der Waals surface area (Å²) in [6, 6.07) is 3.58. The molecular formula is C13H18Cl2N2O4S. The zero-order chi connectivity index (χ0) is 15.6. The van der Waals surface area contributed by atoms with E-state index in [1.54, 1.807) is 0 Å². The van der Waals surface area contributed by atoms with Gasteiger partial charge in [-0.05, 0) is 37.0 Å². The van der Waals surface area contributed by atoms with E-state index in [4.69, 9.17) is 17.3 Å². The molecule has 1 atom stereocenters. The highest BCUT2D eigenvalue weighted by molar-refractivity contribution is 7.89. The van der Waals surface area contributed by atoms with Gasteiger partial charge in [0.05, 0.1) is 17.6 Å². The van der Waals surface area contributed by atoms with E-state index in [-0.39, 0.29) is 46.4 Å². The van der Waals surface area contributed by atoms with Crippen molar-refractivity contribution < 1.29 is 17.9 Å². The molecule has 1 aromatic carbocycles. The van der Waals surface area contributed by atoms with E-state index < -0.39 is 16.0 Å². The molecule has 0 amide bonds. The second-order valence-corrected chi connectivity index (χ2v) is 7.12. The summed E-state index contributed by atoms with van der Waals surface area (Å²) in [6.07, 6.45) is 1.93. The first-order valence-corrected chi connectivity index (χ1v) is 8.35. The zero-order valence-corrected chi connectivity index (χ0v) is 14.3. The Hall–Kier alpha value is -0.860. The highest BCUT2D eigenvalue weighted by Crippen LogP contribution is 2.33. The quantitative estimate of drug-likeness (QED) is 0.742. The summed E-state index contributed by atoms with van der Waals surface area (Å²) in [5.74, 6) is -0.365. The zero-order valence-electron chi connectivity index (χ0n) is 11.9. The van der Waals surface area contributed by atoms with E-state index in [2.05, 4.69) is 9.46 Å². The largest absolute Gasteiger partial charge is 0.465 e. The van der Waals surface area contributed by atoms with Gasteiger partial charge in [-0.15, -0.1) is 12.4 Å². The van der Waals surface area contributed by atoms with Gasteiger partial charge in [0.1, 0.15) is 0 Å². The molecule has 22 heavy (non-hydrogen) atoms. The molecule has 124 valence electrons. The highest BCUT2D eigenvalue weighted by atomic mass is 35.5. The van der Waals surface area contributed by atoms with Gasteiger partial charge in [0.25, 0.3) is 0 Å². The Morgan fingerprint density at radius 1 is 1.45 bits per heavy atom. The maximum atomic E-state index is 12.4. The van der Waals surface area contributed by atoms with E-state index >= 15 is 0 Å². The highest BCUT2D eigenvalue weighted by Gasteiger charge is 2.33. The van der Waals surface area contributed by atoms with Crippen molar-refractivity contribution in [1.29, 1.82) is 0 Å². The Labute approximate surface area is 140 Å². The van der Waals surface area contributed by atoms with Crippen LogP contribution in [-0.4, -0.2) is 34.1 Å². The summed E-state index contributed by atoms with van der Waals surface area (Å²) in [7, 11) is -2.57. The minimum atomic E-state index is -3.79. The Morgan fingerprint density at radius 3 is 2.59 bits per heavy atom. The molecule has 1 saturated carbocycles. The molecule has 1 aromatic rings. The second kappa shape index (κ2) is 7.61. The topological polar surface area (TPSA) is 98.5 Å². The summed E-state index contributed by atoms with van der Waals surface area (Å²) in [5, 5.41) is 0.147. The molecule has 0 saturated heterocycles. The van der Waals surface area contributed by atoms with Crippen molar-refractivity contribution in [2.75, 3.05) is 13.7 Å². The monoisotopic (exact) mass is 368 g/mol. The molecule has 3 N–H and O–H groups in total. The number of nitrogens with one attached hydrogen (secondary N) is 1. The SMILES string of the molecule is COC(=O)c1cc(Cl)cc(S(=O)(=O)NC(CN)C2CC2)c1.Cl. The van der Waals surface area contributed by atoms with Gasteiger partial charge in [0.2, 0.25) is 10.0 Å². The van der Waals surface area contributed by atoms with Crippen LogP contribution >= 0.6 is 24.0 Å². The first kappa shape index (κ1) is 19.2. The minimum absolute atomic E-state index is 0. The van der Waals surface area contributed by atoms with Crippen molar-refractivity contribution in [2.45, 2.75) is 23.8 Å². The molecule has 2 rings (SSSR count). The van der Waals surface area contributed by atoms with Gasteiger partial charge in [-0.1, -0.05) is 11.6 Å². The van der Waals surface area contributed by atoms with Crippen LogP contribution in [0.3, 0.4) is 0 Å². The average Bonchev–Trinajstić information content (AvgIpc) is 3.27. The summed E-state index contributed by atoms with van der Waals surface area (Å²) in [6.45, 7) is 0.230. The minimum Gasteiger partial charge on any atom is -0.465 e. The summed E-state index contributed by atoms with van der Waals surface area (Å²) >= 11 is 5.88.